The summed E-state index contributed by atoms with van der Waals surface area (Å²) in [6.07, 6.45) is 0.878. The smallest absolute Gasteiger partial charge is 0.328 e. The topological polar surface area (TPSA) is 72.8 Å². The lowest BCUT2D eigenvalue weighted by Gasteiger charge is -2.19. The van der Waals surface area contributed by atoms with Crippen LogP contribution < -0.4 is 9.47 Å². The van der Waals surface area contributed by atoms with E-state index in [1.807, 2.05) is 30.3 Å². The maximum atomic E-state index is 12.3. The van der Waals surface area contributed by atoms with E-state index in [2.05, 4.69) is 0 Å². The van der Waals surface area contributed by atoms with Gasteiger partial charge in [0.2, 0.25) is 0 Å². The molecule has 1 aliphatic heterocycles. The molecule has 0 fully saturated rings. The van der Waals surface area contributed by atoms with Crippen LogP contribution in [0, 0.1) is 0 Å². The molecule has 0 spiro atoms. The molecule has 1 heterocycles. The van der Waals surface area contributed by atoms with Gasteiger partial charge in [-0.3, -0.25) is 4.79 Å². The number of ketones is 1. The number of carbonyl (C=O) groups excluding carboxylic acids is 1. The van der Waals surface area contributed by atoms with Crippen molar-refractivity contribution in [2.75, 3.05) is 6.61 Å². The van der Waals surface area contributed by atoms with Crippen LogP contribution in [0.2, 0.25) is 0 Å². The quantitative estimate of drug-likeness (QED) is 0.879. The number of benzene rings is 2. The van der Waals surface area contributed by atoms with Crippen LogP contribution in [-0.2, 0) is 11.4 Å². The van der Waals surface area contributed by atoms with Crippen LogP contribution in [0.25, 0.3) is 0 Å². The van der Waals surface area contributed by atoms with Gasteiger partial charge in [0, 0.05) is 11.6 Å². The van der Waals surface area contributed by atoms with Gasteiger partial charge in [0.1, 0.15) is 24.7 Å². The van der Waals surface area contributed by atoms with E-state index < -0.39 is 5.97 Å². The number of hydrogen-bond acceptors (Lipinski definition) is 4. The predicted molar refractivity (Wildman–Crippen MR) is 82.8 cm³/mol. The van der Waals surface area contributed by atoms with Gasteiger partial charge in [-0.2, -0.15) is 0 Å². The van der Waals surface area contributed by atoms with Crippen molar-refractivity contribution in [2.45, 2.75) is 6.61 Å². The second-order valence-corrected chi connectivity index (χ2v) is 5.06. The van der Waals surface area contributed by atoms with Crippen molar-refractivity contribution in [1.29, 1.82) is 0 Å². The maximum absolute atomic E-state index is 12.3. The third-order valence-electron chi connectivity index (χ3n) is 3.42. The molecule has 0 bridgehead atoms. The Balaban J connectivity index is 1.80. The normalized spacial score (nSPS) is 15.0. The van der Waals surface area contributed by atoms with Gasteiger partial charge in [0.15, 0.2) is 5.78 Å². The molecule has 0 amide bonds. The summed E-state index contributed by atoms with van der Waals surface area (Å²) in [4.78, 5) is 23.1. The Morgan fingerprint density at radius 1 is 1.22 bits per heavy atom. The highest BCUT2D eigenvalue weighted by atomic mass is 16.5. The summed E-state index contributed by atoms with van der Waals surface area (Å²) in [7, 11) is 0. The Hall–Kier alpha value is -3.08. The molecular weight excluding hydrogens is 296 g/mol. The van der Waals surface area contributed by atoms with Gasteiger partial charge in [0.05, 0.1) is 5.56 Å². The average molecular weight is 310 g/mol. The molecule has 0 atom stereocenters. The molecule has 3 rings (SSSR count). The van der Waals surface area contributed by atoms with Gasteiger partial charge in [-0.05, 0) is 23.8 Å². The first-order valence-electron chi connectivity index (χ1n) is 7.05. The van der Waals surface area contributed by atoms with Gasteiger partial charge in [-0.15, -0.1) is 0 Å². The maximum Gasteiger partial charge on any atom is 0.328 e. The van der Waals surface area contributed by atoms with Crippen LogP contribution in [-0.4, -0.2) is 23.5 Å². The minimum absolute atomic E-state index is 0.0393. The molecule has 0 unspecified atom stereocenters. The summed E-state index contributed by atoms with van der Waals surface area (Å²) in [5, 5.41) is 8.79. The number of Topliss-reactive ketones (excluding diaryl/α,β-unsaturated/α-hetero) is 1. The van der Waals surface area contributed by atoms with E-state index >= 15 is 0 Å². The van der Waals surface area contributed by atoms with Crippen LogP contribution in [0.3, 0.4) is 0 Å². The summed E-state index contributed by atoms with van der Waals surface area (Å²) >= 11 is 0. The number of ether oxygens (including phenoxy) is 2. The molecule has 1 N–H and O–H groups in total. The minimum atomic E-state index is -1.17. The van der Waals surface area contributed by atoms with Gasteiger partial charge in [-0.25, -0.2) is 4.79 Å². The molecule has 0 saturated carbocycles. The van der Waals surface area contributed by atoms with E-state index in [4.69, 9.17) is 14.6 Å². The van der Waals surface area contributed by atoms with E-state index in [0.29, 0.717) is 23.7 Å². The molecule has 2 aromatic carbocycles. The molecule has 0 aliphatic carbocycles. The molecule has 5 nitrogen and oxygen atoms in total. The van der Waals surface area contributed by atoms with Crippen LogP contribution in [0.4, 0.5) is 0 Å². The molecule has 2 aromatic rings. The number of carboxylic acids is 1. The lowest BCUT2D eigenvalue weighted by molar-refractivity contribution is -0.131. The van der Waals surface area contributed by atoms with E-state index in [9.17, 15) is 9.59 Å². The van der Waals surface area contributed by atoms with Crippen molar-refractivity contribution in [3.8, 4) is 11.5 Å². The van der Waals surface area contributed by atoms with Crippen molar-refractivity contribution >= 4 is 11.8 Å². The van der Waals surface area contributed by atoms with Crippen LogP contribution in [0.1, 0.15) is 15.9 Å². The summed E-state index contributed by atoms with van der Waals surface area (Å²) < 4.78 is 11.1. The van der Waals surface area contributed by atoms with Gasteiger partial charge < -0.3 is 14.6 Å². The van der Waals surface area contributed by atoms with E-state index in [-0.39, 0.29) is 18.0 Å². The Labute approximate surface area is 132 Å². The monoisotopic (exact) mass is 310 g/mol. The van der Waals surface area contributed by atoms with Crippen molar-refractivity contribution in [3.63, 3.8) is 0 Å². The zero-order valence-electron chi connectivity index (χ0n) is 12.2. The highest BCUT2D eigenvalue weighted by Crippen LogP contribution is 2.30. The number of hydrogen-bond donors (Lipinski definition) is 1. The third-order valence-corrected chi connectivity index (χ3v) is 3.42. The minimum Gasteiger partial charge on any atom is -0.489 e. The zero-order valence-corrected chi connectivity index (χ0v) is 12.2. The Morgan fingerprint density at radius 3 is 2.74 bits per heavy atom. The number of carboxylic acid groups (broad SMARTS) is 1. The zero-order chi connectivity index (χ0) is 16.2. The van der Waals surface area contributed by atoms with Crippen molar-refractivity contribution in [1.82, 2.24) is 0 Å². The first-order chi connectivity index (χ1) is 11.1. The largest absolute Gasteiger partial charge is 0.489 e. The third kappa shape index (κ3) is 3.40. The molecular formula is C18H14O5. The van der Waals surface area contributed by atoms with Gasteiger partial charge >= 0.3 is 5.97 Å². The van der Waals surface area contributed by atoms with E-state index in [1.54, 1.807) is 18.2 Å². The average Bonchev–Trinajstić information content (AvgIpc) is 2.56. The summed E-state index contributed by atoms with van der Waals surface area (Å²) in [5.41, 5.74) is 1.44. The first kappa shape index (κ1) is 14.8. The first-order valence-corrected chi connectivity index (χ1v) is 7.05. The predicted octanol–water partition coefficient (Wildman–Crippen LogP) is 2.85. The molecule has 116 valence electrons. The fourth-order valence-electron chi connectivity index (χ4n) is 2.29. The SMILES string of the molecule is O=C(O)C=C1COc2ccc(OCc3ccccc3)cc2C1=O. The lowest BCUT2D eigenvalue weighted by atomic mass is 10.00. The summed E-state index contributed by atoms with van der Waals surface area (Å²) in [6, 6.07) is 14.6. The standard InChI is InChI=1S/C18H14O5/c19-17(20)8-13-11-23-16-7-6-14(9-15(16)18(13)21)22-10-12-4-2-1-3-5-12/h1-9H,10-11H2,(H,19,20). The second kappa shape index (κ2) is 6.36. The van der Waals surface area contributed by atoms with Crippen LogP contribution >= 0.6 is 0 Å². The summed E-state index contributed by atoms with van der Waals surface area (Å²) in [5.74, 6) is -0.554. The van der Waals surface area contributed by atoms with E-state index in [0.717, 1.165) is 11.6 Å². The number of rotatable bonds is 4. The summed E-state index contributed by atoms with van der Waals surface area (Å²) in [6.45, 7) is 0.342. The van der Waals surface area contributed by atoms with Crippen molar-refractivity contribution in [2.24, 2.45) is 0 Å². The van der Waals surface area contributed by atoms with Crippen molar-refractivity contribution < 1.29 is 24.2 Å². The molecule has 1 aliphatic rings. The Bertz CT molecular complexity index is 777. The molecule has 0 saturated heterocycles. The van der Waals surface area contributed by atoms with Crippen LogP contribution in [0.5, 0.6) is 11.5 Å². The molecule has 5 heteroatoms. The fourth-order valence-corrected chi connectivity index (χ4v) is 2.29. The fraction of sp³-hybridized carbons (Fsp3) is 0.111. The Kier molecular flexibility index (Phi) is 4.10. The molecule has 0 radical (unpaired) electrons. The second-order valence-electron chi connectivity index (χ2n) is 5.06. The van der Waals surface area contributed by atoms with Crippen LogP contribution in [0.15, 0.2) is 60.2 Å². The van der Waals surface area contributed by atoms with Gasteiger partial charge in [0.25, 0.3) is 0 Å². The number of fused-ring (bicyclic) bond motifs is 1. The van der Waals surface area contributed by atoms with Gasteiger partial charge in [-0.1, -0.05) is 30.3 Å². The molecule has 23 heavy (non-hydrogen) atoms. The highest BCUT2D eigenvalue weighted by Gasteiger charge is 2.24. The lowest BCUT2D eigenvalue weighted by Crippen LogP contribution is -2.20. The molecule has 0 aromatic heterocycles. The van der Waals surface area contributed by atoms with Crippen molar-refractivity contribution in [3.05, 3.63) is 71.3 Å². The van der Waals surface area contributed by atoms with E-state index in [1.165, 1.54) is 0 Å². The number of aliphatic carboxylic acids is 1. The number of carbonyl (C=O) groups is 2. The highest BCUT2D eigenvalue weighted by molar-refractivity contribution is 6.13. The Morgan fingerprint density at radius 2 is 2.00 bits per heavy atom.